The Morgan fingerprint density at radius 2 is 1.95 bits per heavy atom. The van der Waals surface area contributed by atoms with E-state index in [9.17, 15) is 0 Å². The SMILES string of the molecule is COCCCNCc1csc(COc2cc(C)cc(C)c2)n1. The molecular weight excluding hydrogens is 296 g/mol. The zero-order chi connectivity index (χ0) is 15.8. The minimum atomic E-state index is 0.525. The van der Waals surface area contributed by atoms with Crippen LogP contribution in [0.2, 0.25) is 0 Å². The number of benzene rings is 1. The number of hydrogen-bond acceptors (Lipinski definition) is 5. The number of aryl methyl sites for hydroxylation is 2. The van der Waals surface area contributed by atoms with Crippen LogP contribution in [0.1, 0.15) is 28.2 Å². The second-order valence-electron chi connectivity index (χ2n) is 5.37. The summed E-state index contributed by atoms with van der Waals surface area (Å²) < 4.78 is 10.9. The van der Waals surface area contributed by atoms with Gasteiger partial charge in [0, 0.05) is 25.6 Å². The lowest BCUT2D eigenvalue weighted by atomic mass is 10.1. The number of hydrogen-bond donors (Lipinski definition) is 1. The molecule has 0 atom stereocenters. The molecule has 5 heteroatoms. The number of thiazole rings is 1. The summed E-state index contributed by atoms with van der Waals surface area (Å²) in [5, 5.41) is 6.46. The van der Waals surface area contributed by atoms with Gasteiger partial charge in [0.2, 0.25) is 0 Å². The zero-order valence-electron chi connectivity index (χ0n) is 13.5. The van der Waals surface area contributed by atoms with Crippen LogP contribution in [0.4, 0.5) is 0 Å². The van der Waals surface area contributed by atoms with E-state index in [1.165, 1.54) is 11.1 Å². The van der Waals surface area contributed by atoms with Crippen molar-refractivity contribution < 1.29 is 9.47 Å². The van der Waals surface area contributed by atoms with Crippen LogP contribution in [0, 0.1) is 13.8 Å². The first-order chi connectivity index (χ1) is 10.7. The van der Waals surface area contributed by atoms with Crippen molar-refractivity contribution in [2.75, 3.05) is 20.3 Å². The van der Waals surface area contributed by atoms with Gasteiger partial charge in [-0.25, -0.2) is 4.98 Å². The maximum atomic E-state index is 5.84. The Bertz CT molecular complexity index is 564. The van der Waals surface area contributed by atoms with E-state index < -0.39 is 0 Å². The molecule has 0 unspecified atom stereocenters. The van der Waals surface area contributed by atoms with Crippen molar-refractivity contribution in [3.63, 3.8) is 0 Å². The normalized spacial score (nSPS) is 10.9. The van der Waals surface area contributed by atoms with Crippen LogP contribution in [0.3, 0.4) is 0 Å². The van der Waals surface area contributed by atoms with Crippen LogP contribution in [0.25, 0.3) is 0 Å². The lowest BCUT2D eigenvalue weighted by molar-refractivity contribution is 0.194. The standard InChI is InChI=1S/C17H24N2O2S/c1-13-7-14(2)9-16(8-13)21-11-17-19-15(12-22-17)10-18-5-4-6-20-3/h7-9,12,18H,4-6,10-11H2,1-3H3. The molecule has 0 radical (unpaired) electrons. The fraction of sp³-hybridized carbons (Fsp3) is 0.471. The minimum absolute atomic E-state index is 0.525. The van der Waals surface area contributed by atoms with Crippen molar-refractivity contribution in [1.29, 1.82) is 0 Å². The Morgan fingerprint density at radius 3 is 2.68 bits per heavy atom. The van der Waals surface area contributed by atoms with Gasteiger partial charge in [0.25, 0.3) is 0 Å². The molecule has 120 valence electrons. The molecule has 2 rings (SSSR count). The molecule has 0 aliphatic rings. The number of nitrogens with zero attached hydrogens (tertiary/aromatic N) is 1. The second kappa shape index (κ2) is 8.88. The predicted octanol–water partition coefficient (Wildman–Crippen LogP) is 3.47. The van der Waals surface area contributed by atoms with Crippen molar-refractivity contribution in [2.45, 2.75) is 33.4 Å². The molecule has 1 heterocycles. The molecule has 0 fully saturated rings. The molecule has 4 nitrogen and oxygen atoms in total. The maximum absolute atomic E-state index is 5.84. The van der Waals surface area contributed by atoms with Crippen LogP contribution in [-0.2, 0) is 17.9 Å². The quantitative estimate of drug-likeness (QED) is 0.719. The molecule has 1 aromatic heterocycles. The highest BCUT2D eigenvalue weighted by atomic mass is 32.1. The van der Waals surface area contributed by atoms with Crippen molar-refractivity contribution in [3.8, 4) is 5.75 Å². The van der Waals surface area contributed by atoms with Gasteiger partial charge in [-0.15, -0.1) is 11.3 Å². The van der Waals surface area contributed by atoms with E-state index in [1.54, 1.807) is 18.4 Å². The van der Waals surface area contributed by atoms with Gasteiger partial charge in [-0.05, 0) is 50.1 Å². The first-order valence-corrected chi connectivity index (χ1v) is 8.39. The molecule has 0 spiro atoms. The third-order valence-corrected chi connectivity index (χ3v) is 4.04. The smallest absolute Gasteiger partial charge is 0.140 e. The van der Waals surface area contributed by atoms with Gasteiger partial charge < -0.3 is 14.8 Å². The first kappa shape index (κ1) is 16.9. The Hall–Kier alpha value is -1.43. The van der Waals surface area contributed by atoms with E-state index in [0.29, 0.717) is 6.61 Å². The van der Waals surface area contributed by atoms with Gasteiger partial charge in [-0.3, -0.25) is 0 Å². The lowest BCUT2D eigenvalue weighted by Crippen LogP contribution is -2.16. The minimum Gasteiger partial charge on any atom is -0.486 e. The topological polar surface area (TPSA) is 43.4 Å². The van der Waals surface area contributed by atoms with Crippen LogP contribution in [0.5, 0.6) is 5.75 Å². The molecule has 0 saturated heterocycles. The third-order valence-electron chi connectivity index (χ3n) is 3.16. The molecule has 1 aromatic carbocycles. The van der Waals surface area contributed by atoms with Gasteiger partial charge in [0.05, 0.1) is 5.69 Å². The van der Waals surface area contributed by atoms with Crippen LogP contribution >= 0.6 is 11.3 Å². The summed E-state index contributed by atoms with van der Waals surface area (Å²) in [5.74, 6) is 0.909. The first-order valence-electron chi connectivity index (χ1n) is 7.51. The molecule has 22 heavy (non-hydrogen) atoms. The monoisotopic (exact) mass is 320 g/mol. The summed E-state index contributed by atoms with van der Waals surface area (Å²) in [6, 6.07) is 6.25. The summed E-state index contributed by atoms with van der Waals surface area (Å²) in [7, 11) is 1.72. The summed E-state index contributed by atoms with van der Waals surface area (Å²) >= 11 is 1.64. The highest BCUT2D eigenvalue weighted by Gasteiger charge is 2.04. The van der Waals surface area contributed by atoms with E-state index in [-0.39, 0.29) is 0 Å². The van der Waals surface area contributed by atoms with E-state index in [2.05, 4.69) is 47.7 Å². The number of aromatic nitrogens is 1. The number of methoxy groups -OCH3 is 1. The van der Waals surface area contributed by atoms with E-state index in [4.69, 9.17) is 9.47 Å². The van der Waals surface area contributed by atoms with Crippen molar-refractivity contribution in [1.82, 2.24) is 10.3 Å². The van der Waals surface area contributed by atoms with Gasteiger partial charge in [-0.1, -0.05) is 6.07 Å². The second-order valence-corrected chi connectivity index (χ2v) is 6.31. The Morgan fingerprint density at radius 1 is 1.18 bits per heavy atom. The fourth-order valence-corrected chi connectivity index (χ4v) is 2.92. The van der Waals surface area contributed by atoms with Crippen molar-refractivity contribution in [3.05, 3.63) is 45.4 Å². The Labute approximate surface area is 136 Å². The molecule has 1 N–H and O–H groups in total. The summed E-state index contributed by atoms with van der Waals surface area (Å²) in [4.78, 5) is 4.59. The Balaban J connectivity index is 1.77. The van der Waals surface area contributed by atoms with E-state index in [0.717, 1.165) is 42.6 Å². The van der Waals surface area contributed by atoms with Crippen LogP contribution in [-0.4, -0.2) is 25.2 Å². The van der Waals surface area contributed by atoms with Crippen molar-refractivity contribution in [2.24, 2.45) is 0 Å². The third kappa shape index (κ3) is 5.75. The van der Waals surface area contributed by atoms with Crippen LogP contribution < -0.4 is 10.1 Å². The number of ether oxygens (including phenoxy) is 2. The molecule has 0 bridgehead atoms. The fourth-order valence-electron chi connectivity index (χ4n) is 2.22. The van der Waals surface area contributed by atoms with Gasteiger partial charge in [0.1, 0.15) is 17.4 Å². The van der Waals surface area contributed by atoms with Gasteiger partial charge >= 0.3 is 0 Å². The largest absolute Gasteiger partial charge is 0.486 e. The average Bonchev–Trinajstić information content (AvgIpc) is 2.92. The molecule has 0 aliphatic heterocycles. The molecule has 0 aliphatic carbocycles. The summed E-state index contributed by atoms with van der Waals surface area (Å²) in [6.07, 6.45) is 1.02. The molecular formula is C17H24N2O2S. The lowest BCUT2D eigenvalue weighted by Gasteiger charge is -2.06. The number of nitrogens with one attached hydrogen (secondary N) is 1. The highest BCUT2D eigenvalue weighted by Crippen LogP contribution is 2.19. The average molecular weight is 320 g/mol. The number of rotatable bonds is 9. The predicted molar refractivity (Wildman–Crippen MR) is 90.6 cm³/mol. The van der Waals surface area contributed by atoms with Crippen LogP contribution in [0.15, 0.2) is 23.6 Å². The molecule has 2 aromatic rings. The maximum Gasteiger partial charge on any atom is 0.140 e. The summed E-state index contributed by atoms with van der Waals surface area (Å²) in [5.41, 5.74) is 3.51. The Kier molecular flexibility index (Phi) is 6.83. The molecule has 0 amide bonds. The van der Waals surface area contributed by atoms with Gasteiger partial charge in [0.15, 0.2) is 0 Å². The molecule has 0 saturated carbocycles. The zero-order valence-corrected chi connectivity index (χ0v) is 14.3. The van der Waals surface area contributed by atoms with E-state index >= 15 is 0 Å². The van der Waals surface area contributed by atoms with Gasteiger partial charge in [-0.2, -0.15) is 0 Å². The highest BCUT2D eigenvalue weighted by molar-refractivity contribution is 7.09. The van der Waals surface area contributed by atoms with Crippen molar-refractivity contribution >= 4 is 11.3 Å². The summed E-state index contributed by atoms with van der Waals surface area (Å²) in [6.45, 7) is 7.22. The van der Waals surface area contributed by atoms with E-state index in [1.807, 2.05) is 0 Å².